The summed E-state index contributed by atoms with van der Waals surface area (Å²) >= 11 is 5.76. The quantitative estimate of drug-likeness (QED) is 0.686. The highest BCUT2D eigenvalue weighted by molar-refractivity contribution is 6.17. The summed E-state index contributed by atoms with van der Waals surface area (Å²) in [7, 11) is 0. The number of ether oxygens (including phenoxy) is 1. The first-order chi connectivity index (χ1) is 6.81. The van der Waals surface area contributed by atoms with Crippen LogP contribution >= 0.6 is 11.6 Å². The first-order valence-electron chi connectivity index (χ1n) is 4.77. The molecule has 2 rings (SSSR count). The van der Waals surface area contributed by atoms with E-state index < -0.39 is 0 Å². The highest BCUT2D eigenvalue weighted by Crippen LogP contribution is 2.31. The summed E-state index contributed by atoms with van der Waals surface area (Å²) in [4.78, 5) is 0. The highest BCUT2D eigenvalue weighted by Gasteiger charge is 2.20. The van der Waals surface area contributed by atoms with Crippen LogP contribution in [0.25, 0.3) is 0 Å². The Labute approximate surface area is 87.8 Å². The van der Waals surface area contributed by atoms with Gasteiger partial charge in [0.15, 0.2) is 0 Å². The fraction of sp³-hybridized carbons (Fsp3) is 0.455. The van der Waals surface area contributed by atoms with Crippen LogP contribution in [-0.4, -0.2) is 6.61 Å². The minimum Gasteiger partial charge on any atom is -0.374 e. The molecule has 0 aliphatic carbocycles. The smallest absolute Gasteiger partial charge is 0.123 e. The molecule has 76 valence electrons. The molecule has 0 spiro atoms. The zero-order valence-electron chi connectivity index (χ0n) is 7.80. The van der Waals surface area contributed by atoms with Crippen LogP contribution in [-0.2, 0) is 10.6 Å². The van der Waals surface area contributed by atoms with Crippen LogP contribution in [0.4, 0.5) is 4.39 Å². The Hall–Kier alpha value is -0.600. The highest BCUT2D eigenvalue weighted by atomic mass is 35.5. The third kappa shape index (κ3) is 1.91. The van der Waals surface area contributed by atoms with Gasteiger partial charge in [0.2, 0.25) is 0 Å². The monoisotopic (exact) mass is 214 g/mol. The average molecular weight is 215 g/mol. The number of hydrogen-bond donors (Lipinski definition) is 0. The van der Waals surface area contributed by atoms with E-state index in [1.165, 1.54) is 12.1 Å². The van der Waals surface area contributed by atoms with Gasteiger partial charge in [-0.1, -0.05) is 6.07 Å². The zero-order valence-corrected chi connectivity index (χ0v) is 8.56. The minimum atomic E-state index is -0.234. The van der Waals surface area contributed by atoms with Crippen LogP contribution in [0, 0.1) is 5.82 Å². The van der Waals surface area contributed by atoms with Gasteiger partial charge in [-0.05, 0) is 36.1 Å². The van der Waals surface area contributed by atoms with Crippen LogP contribution in [0.2, 0.25) is 0 Å². The minimum absolute atomic E-state index is 0.115. The number of alkyl halides is 1. The Morgan fingerprint density at radius 1 is 1.50 bits per heavy atom. The van der Waals surface area contributed by atoms with Gasteiger partial charge in [0.1, 0.15) is 5.82 Å². The molecule has 0 aromatic heterocycles. The molecule has 1 aromatic carbocycles. The predicted octanol–water partition coefficient (Wildman–Crippen LogP) is 3.42. The van der Waals surface area contributed by atoms with E-state index in [1.807, 2.05) is 0 Å². The Morgan fingerprint density at radius 3 is 3.00 bits per heavy atom. The van der Waals surface area contributed by atoms with Crippen molar-refractivity contribution in [3.8, 4) is 0 Å². The number of hydrogen-bond acceptors (Lipinski definition) is 1. The van der Waals surface area contributed by atoms with Crippen LogP contribution in [0.15, 0.2) is 18.2 Å². The molecule has 1 aliphatic rings. The van der Waals surface area contributed by atoms with Crippen molar-refractivity contribution in [3.63, 3.8) is 0 Å². The summed E-state index contributed by atoms with van der Waals surface area (Å²) in [6.07, 6.45) is 2.20. The molecule has 0 N–H and O–H groups in total. The van der Waals surface area contributed by atoms with Gasteiger partial charge in [-0.3, -0.25) is 0 Å². The van der Waals surface area contributed by atoms with E-state index in [2.05, 4.69) is 0 Å². The van der Waals surface area contributed by atoms with Crippen LogP contribution < -0.4 is 0 Å². The molecule has 1 fully saturated rings. The maximum atomic E-state index is 12.9. The van der Waals surface area contributed by atoms with E-state index in [0.717, 1.165) is 30.6 Å². The summed E-state index contributed by atoms with van der Waals surface area (Å²) in [6, 6.07) is 4.74. The topological polar surface area (TPSA) is 9.23 Å². The Morgan fingerprint density at radius 2 is 2.36 bits per heavy atom. The van der Waals surface area contributed by atoms with E-state index in [1.54, 1.807) is 6.07 Å². The second-order valence-electron chi connectivity index (χ2n) is 3.48. The summed E-state index contributed by atoms with van der Waals surface area (Å²) in [5.41, 5.74) is 1.89. The molecule has 1 atom stereocenters. The molecule has 1 aromatic rings. The van der Waals surface area contributed by atoms with Crippen molar-refractivity contribution in [2.45, 2.75) is 24.8 Å². The van der Waals surface area contributed by atoms with Crippen LogP contribution in [0.3, 0.4) is 0 Å². The standard InChI is InChI=1S/C11H12ClFO/c12-7-8-6-9(13)3-4-10(8)11-2-1-5-14-11/h3-4,6,11H,1-2,5,7H2. The zero-order chi connectivity index (χ0) is 9.97. The maximum absolute atomic E-state index is 12.9. The van der Waals surface area contributed by atoms with Gasteiger partial charge in [-0.2, -0.15) is 0 Å². The Bertz CT molecular complexity index is 321. The van der Waals surface area contributed by atoms with E-state index in [9.17, 15) is 4.39 Å². The third-order valence-corrected chi connectivity index (χ3v) is 2.81. The first-order valence-corrected chi connectivity index (χ1v) is 5.30. The van der Waals surface area contributed by atoms with Gasteiger partial charge in [-0.15, -0.1) is 11.6 Å². The lowest BCUT2D eigenvalue weighted by atomic mass is 10.0. The molecular weight excluding hydrogens is 203 g/mol. The molecule has 14 heavy (non-hydrogen) atoms. The molecule has 1 aliphatic heterocycles. The number of rotatable bonds is 2. The van der Waals surface area contributed by atoms with Crippen molar-refractivity contribution in [2.24, 2.45) is 0 Å². The van der Waals surface area contributed by atoms with Gasteiger partial charge < -0.3 is 4.74 Å². The summed E-state index contributed by atoms with van der Waals surface area (Å²) in [6.45, 7) is 0.795. The maximum Gasteiger partial charge on any atom is 0.123 e. The Balaban J connectivity index is 2.31. The fourth-order valence-corrected chi connectivity index (χ4v) is 2.06. The van der Waals surface area contributed by atoms with Gasteiger partial charge >= 0.3 is 0 Å². The largest absolute Gasteiger partial charge is 0.374 e. The molecule has 0 bridgehead atoms. The second kappa shape index (κ2) is 4.28. The van der Waals surface area contributed by atoms with Gasteiger partial charge in [-0.25, -0.2) is 4.39 Å². The summed E-state index contributed by atoms with van der Waals surface area (Å²) < 4.78 is 18.5. The molecule has 1 unspecified atom stereocenters. The predicted molar refractivity (Wildman–Crippen MR) is 53.9 cm³/mol. The van der Waals surface area contributed by atoms with Gasteiger partial charge in [0.05, 0.1) is 6.10 Å². The van der Waals surface area contributed by atoms with Crippen molar-refractivity contribution in [1.29, 1.82) is 0 Å². The molecule has 0 radical (unpaired) electrons. The molecule has 1 heterocycles. The van der Waals surface area contributed by atoms with Crippen molar-refractivity contribution in [2.75, 3.05) is 6.61 Å². The van der Waals surface area contributed by atoms with E-state index >= 15 is 0 Å². The van der Waals surface area contributed by atoms with Crippen LogP contribution in [0.1, 0.15) is 30.1 Å². The summed E-state index contributed by atoms with van der Waals surface area (Å²) in [5, 5.41) is 0. The van der Waals surface area contributed by atoms with Crippen molar-refractivity contribution in [3.05, 3.63) is 35.1 Å². The second-order valence-corrected chi connectivity index (χ2v) is 3.75. The lowest BCUT2D eigenvalue weighted by molar-refractivity contribution is 0.111. The SMILES string of the molecule is Fc1ccc(C2CCCO2)c(CCl)c1. The van der Waals surface area contributed by atoms with E-state index in [4.69, 9.17) is 16.3 Å². The van der Waals surface area contributed by atoms with Crippen molar-refractivity contribution < 1.29 is 9.13 Å². The number of benzene rings is 1. The average Bonchev–Trinajstić information content (AvgIpc) is 2.70. The molecule has 1 nitrogen and oxygen atoms in total. The lowest BCUT2D eigenvalue weighted by Gasteiger charge is -2.13. The van der Waals surface area contributed by atoms with E-state index in [0.29, 0.717) is 5.88 Å². The van der Waals surface area contributed by atoms with Crippen molar-refractivity contribution in [1.82, 2.24) is 0 Å². The normalized spacial score (nSPS) is 21.4. The molecule has 0 amide bonds. The first kappa shape index (κ1) is 9.94. The fourth-order valence-electron chi connectivity index (χ4n) is 1.83. The molecule has 1 saturated heterocycles. The van der Waals surface area contributed by atoms with Gasteiger partial charge in [0.25, 0.3) is 0 Å². The third-order valence-electron chi connectivity index (χ3n) is 2.53. The van der Waals surface area contributed by atoms with Crippen LogP contribution in [0.5, 0.6) is 0 Å². The molecular formula is C11H12ClFO. The summed E-state index contributed by atoms with van der Waals surface area (Å²) in [5.74, 6) is 0.106. The van der Waals surface area contributed by atoms with Crippen molar-refractivity contribution >= 4 is 11.6 Å². The lowest BCUT2D eigenvalue weighted by Crippen LogP contribution is -2.00. The number of halogens is 2. The van der Waals surface area contributed by atoms with Gasteiger partial charge in [0, 0.05) is 12.5 Å². The van der Waals surface area contributed by atoms with E-state index in [-0.39, 0.29) is 11.9 Å². The Kier molecular flexibility index (Phi) is 3.04. The molecule has 0 saturated carbocycles. The molecule has 3 heteroatoms.